The molecule has 0 bridgehead atoms. The second kappa shape index (κ2) is 10.2. The molecule has 0 aromatic heterocycles. The molecule has 0 radical (unpaired) electrons. The van der Waals surface area contributed by atoms with Gasteiger partial charge in [-0.3, -0.25) is 4.79 Å². The molecule has 0 fully saturated rings. The van der Waals surface area contributed by atoms with Gasteiger partial charge >= 0.3 is 6.09 Å². The van der Waals surface area contributed by atoms with E-state index in [4.69, 9.17) is 4.74 Å². The summed E-state index contributed by atoms with van der Waals surface area (Å²) in [7, 11) is 0. The summed E-state index contributed by atoms with van der Waals surface area (Å²) < 4.78 is 5.81. The first-order valence-corrected chi connectivity index (χ1v) is 10.9. The van der Waals surface area contributed by atoms with Gasteiger partial charge in [0.25, 0.3) is 5.24 Å². The molecule has 0 spiro atoms. The van der Waals surface area contributed by atoms with Crippen LogP contribution in [0.15, 0.2) is 11.0 Å². The molecule has 0 aliphatic heterocycles. The van der Waals surface area contributed by atoms with Gasteiger partial charge < -0.3 is 14.5 Å². The molecule has 0 N–H and O–H groups in total. The minimum absolute atomic E-state index is 0.0290. The van der Waals surface area contributed by atoms with E-state index in [1.165, 1.54) is 0 Å². The van der Waals surface area contributed by atoms with Crippen molar-refractivity contribution in [3.8, 4) is 5.75 Å². The van der Waals surface area contributed by atoms with Crippen molar-refractivity contribution in [3.63, 3.8) is 0 Å². The number of amides is 2. The molecule has 0 saturated carbocycles. The van der Waals surface area contributed by atoms with Crippen LogP contribution in [0.5, 0.6) is 5.75 Å². The number of thioether (sulfide) groups is 1. The summed E-state index contributed by atoms with van der Waals surface area (Å²) in [6.45, 7) is 20.6. The third kappa shape index (κ3) is 5.66. The van der Waals surface area contributed by atoms with Crippen molar-refractivity contribution >= 4 is 23.1 Å². The normalized spacial score (nSPS) is 11.3. The number of ether oxygens (including phenoxy) is 1. The Kier molecular flexibility index (Phi) is 8.86. The van der Waals surface area contributed by atoms with Crippen molar-refractivity contribution in [2.75, 3.05) is 26.2 Å². The van der Waals surface area contributed by atoms with Crippen LogP contribution in [0.3, 0.4) is 0 Å². The molecule has 1 rings (SSSR count). The summed E-state index contributed by atoms with van der Waals surface area (Å²) in [6.07, 6.45) is -0.381. The lowest BCUT2D eigenvalue weighted by Gasteiger charge is -2.27. The third-order valence-electron chi connectivity index (χ3n) is 4.90. The van der Waals surface area contributed by atoms with E-state index in [1.54, 1.807) is 9.80 Å². The Balaban J connectivity index is 3.50. The summed E-state index contributed by atoms with van der Waals surface area (Å²) >= 11 is 1.16. The molecule has 6 heteroatoms. The molecular formula is C22H36N2O3S. The van der Waals surface area contributed by atoms with Crippen molar-refractivity contribution in [1.82, 2.24) is 9.80 Å². The van der Waals surface area contributed by atoms with E-state index in [-0.39, 0.29) is 16.7 Å². The Hall–Kier alpha value is -1.69. The average molecular weight is 409 g/mol. The maximum atomic E-state index is 12.8. The predicted octanol–water partition coefficient (Wildman–Crippen LogP) is 6.00. The summed E-state index contributed by atoms with van der Waals surface area (Å²) in [5, 5.41) is -0.0290. The average Bonchev–Trinajstić information content (AvgIpc) is 2.61. The SMILES string of the molecule is CCN(CC)C(=O)Oc1c(C)cc(C(C)(C)C)c(C)c1SC(=O)N(CC)CC. The van der Waals surface area contributed by atoms with Crippen LogP contribution in [0.2, 0.25) is 0 Å². The van der Waals surface area contributed by atoms with Gasteiger partial charge in [-0.15, -0.1) is 0 Å². The van der Waals surface area contributed by atoms with Crippen LogP contribution in [0.4, 0.5) is 9.59 Å². The number of benzene rings is 1. The maximum Gasteiger partial charge on any atom is 0.415 e. The van der Waals surface area contributed by atoms with Gasteiger partial charge in [0, 0.05) is 26.2 Å². The second-order valence-corrected chi connectivity index (χ2v) is 8.82. The molecule has 28 heavy (non-hydrogen) atoms. The first-order chi connectivity index (χ1) is 13.0. The highest BCUT2D eigenvalue weighted by Gasteiger charge is 2.27. The summed E-state index contributed by atoms with van der Waals surface area (Å²) in [5.74, 6) is 0.493. The van der Waals surface area contributed by atoms with Crippen molar-refractivity contribution in [3.05, 3.63) is 22.8 Å². The summed E-state index contributed by atoms with van der Waals surface area (Å²) in [4.78, 5) is 29.6. The van der Waals surface area contributed by atoms with Gasteiger partial charge in [0.1, 0.15) is 5.75 Å². The van der Waals surface area contributed by atoms with Crippen LogP contribution in [0.25, 0.3) is 0 Å². The monoisotopic (exact) mass is 408 g/mol. The molecule has 2 amide bonds. The molecule has 1 aromatic rings. The highest BCUT2D eigenvalue weighted by molar-refractivity contribution is 8.13. The van der Waals surface area contributed by atoms with Crippen molar-refractivity contribution in [1.29, 1.82) is 0 Å². The van der Waals surface area contributed by atoms with Crippen LogP contribution < -0.4 is 4.74 Å². The molecule has 0 atom stereocenters. The van der Waals surface area contributed by atoms with Crippen LogP contribution in [0.1, 0.15) is 65.2 Å². The summed E-state index contributed by atoms with van der Waals surface area (Å²) in [5.41, 5.74) is 2.93. The van der Waals surface area contributed by atoms with Gasteiger partial charge in [0.2, 0.25) is 0 Å². The fourth-order valence-corrected chi connectivity index (χ4v) is 4.28. The van der Waals surface area contributed by atoms with E-state index in [9.17, 15) is 9.59 Å². The molecule has 0 saturated heterocycles. The van der Waals surface area contributed by atoms with Gasteiger partial charge in [-0.25, -0.2) is 4.79 Å². The van der Waals surface area contributed by atoms with Crippen LogP contribution in [0, 0.1) is 13.8 Å². The van der Waals surface area contributed by atoms with Gasteiger partial charge in [0.15, 0.2) is 0 Å². The first-order valence-electron chi connectivity index (χ1n) is 10.1. The fourth-order valence-electron chi connectivity index (χ4n) is 3.16. The Morgan fingerprint density at radius 2 is 1.46 bits per heavy atom. The minimum Gasteiger partial charge on any atom is -0.409 e. The predicted molar refractivity (Wildman–Crippen MR) is 118 cm³/mol. The van der Waals surface area contributed by atoms with Gasteiger partial charge in [-0.2, -0.15) is 0 Å². The molecule has 0 unspecified atom stereocenters. The number of rotatable bonds is 6. The highest BCUT2D eigenvalue weighted by Crippen LogP contribution is 2.42. The van der Waals surface area contributed by atoms with E-state index in [0.717, 1.165) is 33.3 Å². The lowest BCUT2D eigenvalue weighted by molar-refractivity contribution is 0.155. The van der Waals surface area contributed by atoms with Crippen LogP contribution in [-0.4, -0.2) is 47.3 Å². The van der Waals surface area contributed by atoms with Crippen molar-refractivity contribution in [2.45, 2.75) is 72.6 Å². The molecule has 1 aromatic carbocycles. The Morgan fingerprint density at radius 3 is 1.89 bits per heavy atom. The fraction of sp³-hybridized carbons (Fsp3) is 0.636. The van der Waals surface area contributed by atoms with E-state index < -0.39 is 0 Å². The molecule has 0 aliphatic carbocycles. The van der Waals surface area contributed by atoms with Crippen LogP contribution in [-0.2, 0) is 5.41 Å². The zero-order valence-electron chi connectivity index (χ0n) is 18.9. The first kappa shape index (κ1) is 24.3. The summed E-state index contributed by atoms with van der Waals surface area (Å²) in [6, 6.07) is 2.08. The largest absolute Gasteiger partial charge is 0.415 e. The van der Waals surface area contributed by atoms with Gasteiger partial charge in [-0.05, 0) is 75.4 Å². The Morgan fingerprint density at radius 1 is 0.964 bits per heavy atom. The number of aryl methyl sites for hydroxylation is 1. The number of carbonyl (C=O) groups is 2. The maximum absolute atomic E-state index is 12.8. The number of carbonyl (C=O) groups excluding carboxylic acids is 2. The van der Waals surface area contributed by atoms with Crippen LogP contribution >= 0.6 is 11.8 Å². The zero-order valence-corrected chi connectivity index (χ0v) is 19.7. The van der Waals surface area contributed by atoms with Gasteiger partial charge in [-0.1, -0.05) is 26.8 Å². The second-order valence-electron chi connectivity index (χ2n) is 7.85. The Labute approximate surface area is 174 Å². The molecule has 0 heterocycles. The van der Waals surface area contributed by atoms with Crippen molar-refractivity contribution in [2.24, 2.45) is 0 Å². The standard InChI is InChI=1S/C22H36N2O3S/c1-10-23(11-2)20(25)27-18-15(5)14-17(22(7,8)9)16(6)19(18)28-21(26)24(12-3)13-4/h14H,10-13H2,1-9H3. The quantitative estimate of drug-likeness (QED) is 0.542. The lowest BCUT2D eigenvalue weighted by atomic mass is 9.83. The smallest absolute Gasteiger partial charge is 0.409 e. The highest BCUT2D eigenvalue weighted by atomic mass is 32.2. The number of nitrogens with zero attached hydrogens (tertiary/aromatic N) is 2. The van der Waals surface area contributed by atoms with E-state index in [1.807, 2.05) is 41.5 Å². The Bertz CT molecular complexity index is 703. The number of hydrogen-bond donors (Lipinski definition) is 0. The molecule has 158 valence electrons. The van der Waals surface area contributed by atoms with Crippen molar-refractivity contribution < 1.29 is 14.3 Å². The molecule has 5 nitrogen and oxygen atoms in total. The van der Waals surface area contributed by atoms with E-state index in [0.29, 0.717) is 31.9 Å². The van der Waals surface area contributed by atoms with E-state index >= 15 is 0 Å². The van der Waals surface area contributed by atoms with Gasteiger partial charge in [0.05, 0.1) is 4.90 Å². The number of hydrogen-bond acceptors (Lipinski definition) is 4. The topological polar surface area (TPSA) is 49.9 Å². The molecular weight excluding hydrogens is 372 g/mol. The molecule has 0 aliphatic rings. The zero-order chi connectivity index (χ0) is 21.6. The van der Waals surface area contributed by atoms with E-state index in [2.05, 4.69) is 26.8 Å². The minimum atomic E-state index is -0.381. The third-order valence-corrected chi connectivity index (χ3v) is 6.03. The lowest BCUT2D eigenvalue weighted by Crippen LogP contribution is -2.33.